The molecule has 5 atom stereocenters. The number of hydrogen-bond donors (Lipinski definition) is 2. The van der Waals surface area contributed by atoms with Crippen LogP contribution >= 0.6 is 0 Å². The summed E-state index contributed by atoms with van der Waals surface area (Å²) in [5, 5.41) is 6.02. The van der Waals surface area contributed by atoms with Gasteiger partial charge in [-0.15, -0.1) is 0 Å². The molecule has 1 amide bonds. The Labute approximate surface area is 143 Å². The number of aromatic nitrogens is 1. The lowest BCUT2D eigenvalue weighted by atomic mass is 9.78. The first-order valence-electron chi connectivity index (χ1n) is 8.88. The molecule has 2 aliphatic heterocycles. The predicted octanol–water partition coefficient (Wildman–Crippen LogP) is 1.33. The van der Waals surface area contributed by atoms with E-state index in [0.29, 0.717) is 17.5 Å². The summed E-state index contributed by atoms with van der Waals surface area (Å²) in [6, 6.07) is 3.50. The molecule has 2 N–H and O–H groups in total. The SMILES string of the molecule is CNc1cccn(CC(=O)NC2C(C)CC3CC(C)CN2C3)c1=O. The first kappa shape index (κ1) is 17.0. The quantitative estimate of drug-likeness (QED) is 0.873. The average Bonchev–Trinajstić information content (AvgIpc) is 2.53. The fourth-order valence-corrected chi connectivity index (χ4v) is 4.39. The van der Waals surface area contributed by atoms with Crippen LogP contribution in [0.25, 0.3) is 0 Å². The highest BCUT2D eigenvalue weighted by Crippen LogP contribution is 2.35. The summed E-state index contributed by atoms with van der Waals surface area (Å²) in [5.41, 5.74) is 0.336. The maximum atomic E-state index is 12.5. The number of pyridine rings is 1. The number of carbonyl (C=O) groups is 1. The molecule has 0 aromatic carbocycles. The van der Waals surface area contributed by atoms with Crippen LogP contribution in [0.15, 0.2) is 23.1 Å². The zero-order valence-corrected chi connectivity index (χ0v) is 14.8. The topological polar surface area (TPSA) is 66.4 Å². The van der Waals surface area contributed by atoms with Crippen molar-refractivity contribution in [3.8, 4) is 0 Å². The standard InChI is InChI=1S/C18H28N4O2/c1-12-7-14-8-13(2)17(22(9-12)10-14)20-16(23)11-21-6-4-5-15(19-3)18(21)24/h4-6,12-14,17,19H,7-11H2,1-3H3,(H,20,23). The number of nitrogens with one attached hydrogen (secondary N) is 2. The summed E-state index contributed by atoms with van der Waals surface area (Å²) in [6.07, 6.45) is 4.21. The molecule has 6 nitrogen and oxygen atoms in total. The van der Waals surface area contributed by atoms with Crippen LogP contribution in [0, 0.1) is 17.8 Å². The van der Waals surface area contributed by atoms with Gasteiger partial charge in [0.1, 0.15) is 12.2 Å². The number of hydrogen-bond acceptors (Lipinski definition) is 4. The monoisotopic (exact) mass is 332 g/mol. The summed E-state index contributed by atoms with van der Waals surface area (Å²) < 4.78 is 1.45. The summed E-state index contributed by atoms with van der Waals surface area (Å²) in [7, 11) is 1.71. The third-order valence-electron chi connectivity index (χ3n) is 5.32. The largest absolute Gasteiger partial charge is 0.384 e. The third kappa shape index (κ3) is 3.48. The Morgan fingerprint density at radius 2 is 2.08 bits per heavy atom. The maximum Gasteiger partial charge on any atom is 0.274 e. The molecule has 3 rings (SSSR count). The zero-order chi connectivity index (χ0) is 17.3. The highest BCUT2D eigenvalue weighted by atomic mass is 16.2. The number of carbonyl (C=O) groups excluding carboxylic acids is 1. The number of nitrogens with zero attached hydrogens (tertiary/aromatic N) is 2. The Balaban J connectivity index is 1.67. The second-order valence-electron chi connectivity index (χ2n) is 7.49. The van der Waals surface area contributed by atoms with Gasteiger partial charge in [0.05, 0.1) is 6.17 Å². The minimum Gasteiger partial charge on any atom is -0.384 e. The lowest BCUT2D eigenvalue weighted by Gasteiger charge is -2.49. The summed E-state index contributed by atoms with van der Waals surface area (Å²) in [6.45, 7) is 6.69. The highest BCUT2D eigenvalue weighted by molar-refractivity contribution is 5.76. The Morgan fingerprint density at radius 1 is 1.29 bits per heavy atom. The van der Waals surface area contributed by atoms with E-state index in [-0.39, 0.29) is 24.2 Å². The molecule has 0 aliphatic carbocycles. The van der Waals surface area contributed by atoms with E-state index in [4.69, 9.17) is 0 Å². The van der Waals surface area contributed by atoms with Gasteiger partial charge in [-0.25, -0.2) is 0 Å². The van der Waals surface area contributed by atoms with E-state index in [2.05, 4.69) is 29.4 Å². The molecule has 2 aliphatic rings. The van der Waals surface area contributed by atoms with Crippen molar-refractivity contribution >= 4 is 11.6 Å². The number of anilines is 1. The first-order valence-corrected chi connectivity index (χ1v) is 8.88. The summed E-state index contributed by atoms with van der Waals surface area (Å²) in [4.78, 5) is 27.1. The molecule has 1 aromatic rings. The molecule has 2 fully saturated rings. The molecule has 0 saturated carbocycles. The normalized spacial score (nSPS) is 32.2. The average molecular weight is 332 g/mol. The van der Waals surface area contributed by atoms with Crippen molar-refractivity contribution in [3.63, 3.8) is 0 Å². The second kappa shape index (κ2) is 6.97. The number of rotatable bonds is 4. The molecule has 1 aromatic heterocycles. The lowest BCUT2D eigenvalue weighted by molar-refractivity contribution is -0.126. The van der Waals surface area contributed by atoms with Gasteiger partial charge < -0.3 is 15.2 Å². The Morgan fingerprint density at radius 3 is 2.83 bits per heavy atom. The fraction of sp³-hybridized carbons (Fsp3) is 0.667. The van der Waals surface area contributed by atoms with E-state index in [0.717, 1.165) is 19.0 Å². The van der Waals surface area contributed by atoms with Gasteiger partial charge in [-0.05, 0) is 42.7 Å². The minimum absolute atomic E-state index is 0.0599. The van der Waals surface area contributed by atoms with Gasteiger partial charge in [-0.3, -0.25) is 14.5 Å². The molecule has 6 heteroatoms. The van der Waals surface area contributed by atoms with Crippen LogP contribution < -0.4 is 16.2 Å². The maximum absolute atomic E-state index is 12.5. The van der Waals surface area contributed by atoms with Gasteiger partial charge in [0.25, 0.3) is 5.56 Å². The highest BCUT2D eigenvalue weighted by Gasteiger charge is 2.38. The van der Waals surface area contributed by atoms with Crippen molar-refractivity contribution in [2.75, 3.05) is 25.5 Å². The van der Waals surface area contributed by atoms with Crippen LogP contribution in [0.4, 0.5) is 5.69 Å². The van der Waals surface area contributed by atoms with E-state index in [1.54, 1.807) is 25.4 Å². The van der Waals surface area contributed by atoms with Crippen molar-refractivity contribution in [1.29, 1.82) is 0 Å². The van der Waals surface area contributed by atoms with Gasteiger partial charge in [0.15, 0.2) is 0 Å². The van der Waals surface area contributed by atoms with Crippen LogP contribution in [0.5, 0.6) is 0 Å². The molecule has 3 heterocycles. The molecular formula is C18H28N4O2. The van der Waals surface area contributed by atoms with E-state index in [9.17, 15) is 9.59 Å². The molecular weight excluding hydrogens is 304 g/mol. The van der Waals surface area contributed by atoms with E-state index in [1.165, 1.54) is 17.4 Å². The number of fused-ring (bicyclic) bond motifs is 2. The molecule has 132 valence electrons. The molecule has 2 saturated heterocycles. The zero-order valence-electron chi connectivity index (χ0n) is 14.8. The van der Waals surface area contributed by atoms with Crippen molar-refractivity contribution in [3.05, 3.63) is 28.7 Å². The minimum atomic E-state index is -0.168. The van der Waals surface area contributed by atoms with E-state index in [1.807, 2.05) is 0 Å². The molecule has 0 spiro atoms. The van der Waals surface area contributed by atoms with Crippen LogP contribution in [-0.4, -0.2) is 41.7 Å². The number of amides is 1. The Kier molecular flexibility index (Phi) is 4.94. The van der Waals surface area contributed by atoms with Crippen LogP contribution in [-0.2, 0) is 11.3 Å². The second-order valence-corrected chi connectivity index (χ2v) is 7.49. The van der Waals surface area contributed by atoms with Crippen LogP contribution in [0.3, 0.4) is 0 Å². The molecule has 24 heavy (non-hydrogen) atoms. The third-order valence-corrected chi connectivity index (χ3v) is 5.32. The van der Waals surface area contributed by atoms with Gasteiger partial charge >= 0.3 is 0 Å². The van der Waals surface area contributed by atoms with Crippen molar-refractivity contribution in [2.45, 2.75) is 39.4 Å². The van der Waals surface area contributed by atoms with E-state index >= 15 is 0 Å². The smallest absolute Gasteiger partial charge is 0.274 e. The van der Waals surface area contributed by atoms with Crippen molar-refractivity contribution < 1.29 is 4.79 Å². The van der Waals surface area contributed by atoms with E-state index < -0.39 is 0 Å². The predicted molar refractivity (Wildman–Crippen MR) is 94.8 cm³/mol. The van der Waals surface area contributed by atoms with Crippen LogP contribution in [0.1, 0.15) is 26.7 Å². The van der Waals surface area contributed by atoms with Gasteiger partial charge in [-0.1, -0.05) is 13.8 Å². The fourth-order valence-electron chi connectivity index (χ4n) is 4.39. The molecule has 5 unspecified atom stereocenters. The molecule has 0 radical (unpaired) electrons. The van der Waals surface area contributed by atoms with Gasteiger partial charge in [0.2, 0.25) is 5.91 Å². The van der Waals surface area contributed by atoms with Crippen molar-refractivity contribution in [1.82, 2.24) is 14.8 Å². The first-order chi connectivity index (χ1) is 11.5. The Hall–Kier alpha value is -1.82. The Bertz CT molecular complexity index is 653. The summed E-state index contributed by atoms with van der Waals surface area (Å²) in [5.74, 6) is 1.79. The van der Waals surface area contributed by atoms with Crippen molar-refractivity contribution in [2.24, 2.45) is 17.8 Å². The number of piperidine rings is 2. The lowest BCUT2D eigenvalue weighted by Crippen LogP contribution is -2.60. The molecule has 2 bridgehead atoms. The van der Waals surface area contributed by atoms with Gasteiger partial charge in [-0.2, -0.15) is 0 Å². The van der Waals surface area contributed by atoms with Crippen LogP contribution in [0.2, 0.25) is 0 Å². The van der Waals surface area contributed by atoms with Gasteiger partial charge in [0, 0.05) is 26.3 Å². The summed E-state index contributed by atoms with van der Waals surface area (Å²) >= 11 is 0.